The normalized spacial score (nSPS) is 15.7. The van der Waals surface area contributed by atoms with Crippen LogP contribution in [0.15, 0.2) is 66.5 Å². The van der Waals surface area contributed by atoms with Crippen LogP contribution in [-0.2, 0) is 0 Å². The smallest absolute Gasteiger partial charge is 0.283 e. The number of para-hydroxylation sites is 1. The summed E-state index contributed by atoms with van der Waals surface area (Å²) in [6.45, 7) is 4.57. The van der Waals surface area contributed by atoms with Crippen LogP contribution in [0.5, 0.6) is 0 Å². The first-order valence-corrected chi connectivity index (χ1v) is 11.0. The Morgan fingerprint density at radius 3 is 2.85 bits per heavy atom. The van der Waals surface area contributed by atoms with Gasteiger partial charge in [-0.25, -0.2) is 14.5 Å². The number of hydrogen-bond donors (Lipinski definition) is 1. The number of benzene rings is 1. The summed E-state index contributed by atoms with van der Waals surface area (Å²) in [7, 11) is 0. The third kappa shape index (κ3) is 2.85. The molecular formula is C25H20N8O. The van der Waals surface area contributed by atoms with Gasteiger partial charge in [0.15, 0.2) is 5.82 Å². The molecule has 0 saturated carbocycles. The molecular weight excluding hydrogens is 428 g/mol. The van der Waals surface area contributed by atoms with Crippen LogP contribution >= 0.6 is 0 Å². The van der Waals surface area contributed by atoms with Crippen molar-refractivity contribution in [1.82, 2.24) is 29.1 Å². The van der Waals surface area contributed by atoms with Crippen LogP contribution in [0.1, 0.15) is 35.8 Å². The number of H-pyrrole nitrogens is 1. The molecule has 5 aromatic rings. The predicted octanol–water partition coefficient (Wildman–Crippen LogP) is 3.61. The number of aromatic nitrogens is 6. The van der Waals surface area contributed by atoms with Gasteiger partial charge in [-0.15, -0.1) is 0 Å². The Morgan fingerprint density at radius 1 is 1.21 bits per heavy atom. The van der Waals surface area contributed by atoms with E-state index in [4.69, 9.17) is 5.10 Å². The van der Waals surface area contributed by atoms with E-state index in [-0.39, 0.29) is 11.6 Å². The molecule has 0 amide bonds. The Kier molecular flexibility index (Phi) is 4.52. The minimum absolute atomic E-state index is 0.157. The third-order valence-corrected chi connectivity index (χ3v) is 6.37. The van der Waals surface area contributed by atoms with Gasteiger partial charge in [-0.3, -0.25) is 9.36 Å². The number of aromatic amines is 1. The van der Waals surface area contributed by atoms with Gasteiger partial charge in [0.2, 0.25) is 0 Å². The van der Waals surface area contributed by atoms with Gasteiger partial charge in [-0.2, -0.15) is 10.4 Å². The Hall–Kier alpha value is -4.71. The second kappa shape index (κ2) is 7.71. The summed E-state index contributed by atoms with van der Waals surface area (Å²) >= 11 is 0. The van der Waals surface area contributed by atoms with Crippen molar-refractivity contribution < 1.29 is 0 Å². The quantitative estimate of drug-likeness (QED) is 0.450. The average Bonchev–Trinajstić information content (AvgIpc) is 3.61. The van der Waals surface area contributed by atoms with E-state index in [1.54, 1.807) is 27.6 Å². The molecule has 34 heavy (non-hydrogen) atoms. The zero-order chi connectivity index (χ0) is 23.2. The molecule has 0 bridgehead atoms. The lowest BCUT2D eigenvalue weighted by atomic mass is 10.1. The molecule has 1 unspecified atom stereocenters. The summed E-state index contributed by atoms with van der Waals surface area (Å²) in [4.78, 5) is 27.8. The van der Waals surface area contributed by atoms with Crippen molar-refractivity contribution in [3.8, 4) is 11.8 Å². The van der Waals surface area contributed by atoms with E-state index in [1.807, 2.05) is 36.4 Å². The minimum Gasteiger partial charge on any atom is -0.346 e. The minimum atomic E-state index is -0.216. The highest BCUT2D eigenvalue weighted by molar-refractivity contribution is 5.93. The molecule has 6 rings (SSSR count). The maximum atomic E-state index is 13.8. The van der Waals surface area contributed by atoms with Gasteiger partial charge in [-0.1, -0.05) is 30.9 Å². The highest BCUT2D eigenvalue weighted by Gasteiger charge is 2.34. The molecule has 4 aromatic heterocycles. The maximum absolute atomic E-state index is 13.8. The summed E-state index contributed by atoms with van der Waals surface area (Å²) in [5.74, 6) is 1.28. The second-order valence-corrected chi connectivity index (χ2v) is 8.19. The average molecular weight is 448 g/mol. The standard InChI is InChI=1S/C25H20N8O/c1-2-16-10-12-32-21(16)25(34)33(18-7-4-3-5-8-18)23(30-32)19-9-6-11-31(19)24-20-17(13-26)14-27-22(20)28-15-29-24/h2-5,7-8,10,12,14-15,19H,1,6,9,11H2,(H,27,28,29). The highest BCUT2D eigenvalue weighted by atomic mass is 16.1. The summed E-state index contributed by atoms with van der Waals surface area (Å²) in [6, 6.07) is 13.4. The number of nitrogens with zero attached hydrogens (tertiary/aromatic N) is 7. The number of nitriles is 1. The summed E-state index contributed by atoms with van der Waals surface area (Å²) in [5, 5.41) is 15.2. The first kappa shape index (κ1) is 19.9. The molecule has 9 heteroatoms. The highest BCUT2D eigenvalue weighted by Crippen LogP contribution is 2.38. The topological polar surface area (TPSA) is 108 Å². The molecule has 166 valence electrons. The Bertz CT molecular complexity index is 1650. The number of hydrogen-bond acceptors (Lipinski definition) is 6. The molecule has 1 aromatic carbocycles. The molecule has 0 spiro atoms. The summed E-state index contributed by atoms with van der Waals surface area (Å²) in [6.07, 6.45) is 8.28. The van der Waals surface area contributed by atoms with Crippen molar-refractivity contribution in [2.75, 3.05) is 11.4 Å². The fourth-order valence-corrected chi connectivity index (χ4v) is 4.85. The molecule has 1 aliphatic heterocycles. The molecule has 1 fully saturated rings. The molecule has 5 heterocycles. The van der Waals surface area contributed by atoms with Crippen LogP contribution in [-0.4, -0.2) is 35.7 Å². The van der Waals surface area contributed by atoms with E-state index in [0.717, 1.165) is 30.6 Å². The van der Waals surface area contributed by atoms with Crippen molar-refractivity contribution in [3.05, 3.63) is 89.0 Å². The van der Waals surface area contributed by atoms with Crippen molar-refractivity contribution in [3.63, 3.8) is 0 Å². The Morgan fingerprint density at radius 2 is 2.06 bits per heavy atom. The van der Waals surface area contributed by atoms with E-state index in [0.29, 0.717) is 33.8 Å². The predicted molar refractivity (Wildman–Crippen MR) is 129 cm³/mol. The van der Waals surface area contributed by atoms with Crippen LogP contribution in [0.2, 0.25) is 0 Å². The molecule has 1 saturated heterocycles. The first-order valence-electron chi connectivity index (χ1n) is 11.0. The molecule has 1 atom stereocenters. The van der Waals surface area contributed by atoms with Gasteiger partial charge in [0.25, 0.3) is 5.56 Å². The summed E-state index contributed by atoms with van der Waals surface area (Å²) < 4.78 is 3.32. The fraction of sp³-hybridized carbons (Fsp3) is 0.160. The van der Waals surface area contributed by atoms with Crippen molar-refractivity contribution in [1.29, 1.82) is 5.26 Å². The second-order valence-electron chi connectivity index (χ2n) is 8.19. The number of fused-ring (bicyclic) bond motifs is 2. The first-order chi connectivity index (χ1) is 16.7. The van der Waals surface area contributed by atoms with Gasteiger partial charge in [0.05, 0.1) is 22.7 Å². The van der Waals surface area contributed by atoms with Gasteiger partial charge < -0.3 is 9.88 Å². The molecule has 1 N–H and O–H groups in total. The number of anilines is 1. The van der Waals surface area contributed by atoms with E-state index >= 15 is 0 Å². The summed E-state index contributed by atoms with van der Waals surface area (Å²) in [5.41, 5.74) is 2.90. The monoisotopic (exact) mass is 448 g/mol. The third-order valence-electron chi connectivity index (χ3n) is 6.37. The fourth-order valence-electron chi connectivity index (χ4n) is 4.85. The van der Waals surface area contributed by atoms with Gasteiger partial charge in [0, 0.05) is 24.5 Å². The van der Waals surface area contributed by atoms with Crippen LogP contribution in [0.25, 0.3) is 28.3 Å². The van der Waals surface area contributed by atoms with E-state index < -0.39 is 0 Å². The maximum Gasteiger partial charge on any atom is 0.283 e. The van der Waals surface area contributed by atoms with Crippen molar-refractivity contribution in [2.45, 2.75) is 18.9 Å². The zero-order valence-electron chi connectivity index (χ0n) is 18.2. The molecule has 1 aliphatic rings. The van der Waals surface area contributed by atoms with Crippen LogP contribution in [0.3, 0.4) is 0 Å². The van der Waals surface area contributed by atoms with Gasteiger partial charge >= 0.3 is 0 Å². The molecule has 0 aliphatic carbocycles. The lowest BCUT2D eigenvalue weighted by Crippen LogP contribution is -2.33. The van der Waals surface area contributed by atoms with Gasteiger partial charge in [-0.05, 0) is 31.0 Å². The molecule has 0 radical (unpaired) electrons. The zero-order valence-corrected chi connectivity index (χ0v) is 18.2. The lowest BCUT2D eigenvalue weighted by molar-refractivity contribution is 0.602. The van der Waals surface area contributed by atoms with Crippen LogP contribution in [0.4, 0.5) is 5.82 Å². The van der Waals surface area contributed by atoms with Crippen molar-refractivity contribution >= 4 is 28.4 Å². The van der Waals surface area contributed by atoms with Gasteiger partial charge in [0.1, 0.15) is 29.4 Å². The molecule has 9 nitrogen and oxygen atoms in total. The Balaban J connectivity index is 1.61. The van der Waals surface area contributed by atoms with Crippen LogP contribution in [0, 0.1) is 11.3 Å². The van der Waals surface area contributed by atoms with E-state index in [9.17, 15) is 10.1 Å². The van der Waals surface area contributed by atoms with E-state index in [1.165, 1.54) is 6.33 Å². The van der Waals surface area contributed by atoms with Crippen LogP contribution < -0.4 is 10.5 Å². The van der Waals surface area contributed by atoms with Crippen molar-refractivity contribution in [2.24, 2.45) is 0 Å². The Labute approximate surface area is 194 Å². The number of rotatable bonds is 4. The van der Waals surface area contributed by atoms with E-state index in [2.05, 4.69) is 32.5 Å². The lowest BCUT2D eigenvalue weighted by Gasteiger charge is -2.27. The number of nitrogens with one attached hydrogen (secondary N) is 1. The largest absolute Gasteiger partial charge is 0.346 e. The SMILES string of the molecule is C=Cc1ccn2nc(C3CCCN3c3ncnc4[nH]cc(C#N)c34)n(-c3ccccc3)c(=O)c12.